The number of piperazine rings is 1. The van der Waals surface area contributed by atoms with E-state index in [0.717, 1.165) is 39.1 Å². The number of likely N-dealkylation sites (tertiary alicyclic amines) is 1. The van der Waals surface area contributed by atoms with Crippen LogP contribution in [0.3, 0.4) is 0 Å². The van der Waals surface area contributed by atoms with Crippen molar-refractivity contribution in [3.8, 4) is 0 Å². The van der Waals surface area contributed by atoms with Gasteiger partial charge in [0.1, 0.15) is 0 Å². The summed E-state index contributed by atoms with van der Waals surface area (Å²) in [6, 6.07) is 0. The molecule has 0 spiro atoms. The van der Waals surface area contributed by atoms with Gasteiger partial charge in [-0.1, -0.05) is 0 Å². The minimum absolute atomic E-state index is 0.0896. The average Bonchev–Trinajstić information content (AvgIpc) is 2.66. The number of carbonyl (C=O) groups is 2. The number of nitrogens with one attached hydrogen (secondary N) is 1. The van der Waals surface area contributed by atoms with E-state index < -0.39 is 0 Å². The summed E-state index contributed by atoms with van der Waals surface area (Å²) in [6.45, 7) is 4.27. The third-order valence-electron chi connectivity index (χ3n) is 2.97. The number of hydrogen-bond acceptors (Lipinski definition) is 3. The number of hydrogen-bond donors (Lipinski definition) is 1. The third kappa shape index (κ3) is 2.47. The molecular formula is C10H17N3O2. The van der Waals surface area contributed by atoms with Gasteiger partial charge in [-0.2, -0.15) is 0 Å². The summed E-state index contributed by atoms with van der Waals surface area (Å²) in [6.07, 6.45) is 1.50. The van der Waals surface area contributed by atoms with Crippen LogP contribution in [-0.4, -0.2) is 60.9 Å². The second-order valence-electron chi connectivity index (χ2n) is 4.05. The van der Waals surface area contributed by atoms with Gasteiger partial charge in [0.2, 0.25) is 11.8 Å². The molecule has 2 heterocycles. The topological polar surface area (TPSA) is 52.7 Å². The van der Waals surface area contributed by atoms with Crippen LogP contribution in [0.25, 0.3) is 0 Å². The molecule has 5 heteroatoms. The summed E-state index contributed by atoms with van der Waals surface area (Å²) in [5.74, 6) is 0.213. The van der Waals surface area contributed by atoms with Crippen LogP contribution in [0, 0.1) is 0 Å². The summed E-state index contributed by atoms with van der Waals surface area (Å²) < 4.78 is 0. The first-order valence-electron chi connectivity index (χ1n) is 5.53. The van der Waals surface area contributed by atoms with Crippen LogP contribution >= 0.6 is 0 Å². The fourth-order valence-corrected chi connectivity index (χ4v) is 2.05. The predicted molar refractivity (Wildman–Crippen MR) is 55.3 cm³/mol. The van der Waals surface area contributed by atoms with Crippen molar-refractivity contribution in [3.63, 3.8) is 0 Å². The van der Waals surface area contributed by atoms with Crippen LogP contribution in [0.1, 0.15) is 12.8 Å². The normalized spacial score (nSPS) is 22.3. The monoisotopic (exact) mass is 211 g/mol. The molecule has 2 amide bonds. The maximum absolute atomic E-state index is 11.8. The molecule has 2 fully saturated rings. The lowest BCUT2D eigenvalue weighted by Gasteiger charge is -2.29. The largest absolute Gasteiger partial charge is 0.339 e. The van der Waals surface area contributed by atoms with Crippen LogP contribution < -0.4 is 5.32 Å². The van der Waals surface area contributed by atoms with E-state index in [4.69, 9.17) is 0 Å². The molecule has 15 heavy (non-hydrogen) atoms. The Hall–Kier alpha value is -1.10. The second-order valence-corrected chi connectivity index (χ2v) is 4.05. The van der Waals surface area contributed by atoms with E-state index in [2.05, 4.69) is 5.32 Å². The predicted octanol–water partition coefficient (Wildman–Crippen LogP) is -0.959. The van der Waals surface area contributed by atoms with Crippen LogP contribution in [0.4, 0.5) is 0 Å². The minimum atomic E-state index is 0.0896. The van der Waals surface area contributed by atoms with Gasteiger partial charge in [-0.3, -0.25) is 9.59 Å². The summed E-state index contributed by atoms with van der Waals surface area (Å²) in [5.41, 5.74) is 0. The molecule has 2 aliphatic heterocycles. The van der Waals surface area contributed by atoms with Crippen molar-refractivity contribution >= 4 is 11.8 Å². The lowest BCUT2D eigenvalue weighted by Crippen LogP contribution is -2.49. The summed E-state index contributed by atoms with van der Waals surface area (Å²) in [7, 11) is 0. The number of nitrogens with zero attached hydrogens (tertiary/aromatic N) is 2. The van der Waals surface area contributed by atoms with Gasteiger partial charge in [-0.25, -0.2) is 0 Å². The molecule has 84 valence electrons. The smallest absolute Gasteiger partial charge is 0.242 e. The van der Waals surface area contributed by atoms with Gasteiger partial charge >= 0.3 is 0 Å². The van der Waals surface area contributed by atoms with E-state index in [0.29, 0.717) is 6.42 Å². The van der Waals surface area contributed by atoms with E-state index in [1.54, 1.807) is 4.90 Å². The van der Waals surface area contributed by atoms with Crippen molar-refractivity contribution in [2.45, 2.75) is 12.8 Å². The zero-order valence-electron chi connectivity index (χ0n) is 8.87. The molecule has 0 aromatic carbocycles. The minimum Gasteiger partial charge on any atom is -0.339 e. The van der Waals surface area contributed by atoms with Gasteiger partial charge in [-0.05, 0) is 6.42 Å². The maximum Gasteiger partial charge on any atom is 0.242 e. The molecule has 0 saturated carbocycles. The standard InChI is InChI=1S/C10H17N3O2/c14-9-2-1-5-13(9)8-10(15)12-6-3-11-4-7-12/h11H,1-8H2. The van der Waals surface area contributed by atoms with Crippen molar-refractivity contribution in [1.29, 1.82) is 0 Å². The van der Waals surface area contributed by atoms with Crippen LogP contribution in [-0.2, 0) is 9.59 Å². The molecule has 0 bridgehead atoms. The lowest BCUT2D eigenvalue weighted by molar-refractivity contribution is -0.138. The van der Waals surface area contributed by atoms with Crippen LogP contribution in [0.5, 0.6) is 0 Å². The van der Waals surface area contributed by atoms with Gasteiger partial charge in [-0.15, -0.1) is 0 Å². The highest BCUT2D eigenvalue weighted by Crippen LogP contribution is 2.09. The van der Waals surface area contributed by atoms with Crippen LogP contribution in [0.2, 0.25) is 0 Å². The Morgan fingerprint density at radius 3 is 2.60 bits per heavy atom. The Morgan fingerprint density at radius 1 is 1.27 bits per heavy atom. The number of amides is 2. The maximum atomic E-state index is 11.8. The first kappa shape index (κ1) is 10.4. The van der Waals surface area contributed by atoms with E-state index in [9.17, 15) is 9.59 Å². The fraction of sp³-hybridized carbons (Fsp3) is 0.800. The second kappa shape index (κ2) is 4.61. The van der Waals surface area contributed by atoms with Gasteiger partial charge in [0, 0.05) is 39.1 Å². The highest BCUT2D eigenvalue weighted by molar-refractivity contribution is 5.85. The fourth-order valence-electron chi connectivity index (χ4n) is 2.05. The van der Waals surface area contributed by atoms with E-state index >= 15 is 0 Å². The van der Waals surface area contributed by atoms with Gasteiger partial charge in [0.15, 0.2) is 0 Å². The van der Waals surface area contributed by atoms with Crippen molar-refractivity contribution in [2.24, 2.45) is 0 Å². The first-order chi connectivity index (χ1) is 7.27. The molecule has 5 nitrogen and oxygen atoms in total. The summed E-state index contributed by atoms with van der Waals surface area (Å²) >= 11 is 0. The Balaban J connectivity index is 1.82. The van der Waals surface area contributed by atoms with Gasteiger partial charge in [0.05, 0.1) is 6.54 Å². The zero-order chi connectivity index (χ0) is 10.7. The molecule has 2 aliphatic rings. The molecule has 0 aromatic heterocycles. The Kier molecular flexibility index (Phi) is 3.20. The van der Waals surface area contributed by atoms with Crippen molar-refractivity contribution in [1.82, 2.24) is 15.1 Å². The Morgan fingerprint density at radius 2 is 2.00 bits per heavy atom. The number of carbonyl (C=O) groups excluding carboxylic acids is 2. The van der Waals surface area contributed by atoms with Gasteiger partial charge in [0.25, 0.3) is 0 Å². The Bertz CT molecular complexity index is 261. The summed E-state index contributed by atoms with van der Waals surface area (Å²) in [4.78, 5) is 26.6. The van der Waals surface area contributed by atoms with Crippen molar-refractivity contribution in [2.75, 3.05) is 39.3 Å². The molecule has 1 N–H and O–H groups in total. The molecule has 2 saturated heterocycles. The molecule has 0 radical (unpaired) electrons. The zero-order valence-corrected chi connectivity index (χ0v) is 8.87. The quantitative estimate of drug-likeness (QED) is 0.640. The third-order valence-corrected chi connectivity index (χ3v) is 2.97. The van der Waals surface area contributed by atoms with Crippen molar-refractivity contribution in [3.05, 3.63) is 0 Å². The average molecular weight is 211 g/mol. The highest BCUT2D eigenvalue weighted by Gasteiger charge is 2.25. The van der Waals surface area contributed by atoms with Gasteiger partial charge < -0.3 is 15.1 Å². The van der Waals surface area contributed by atoms with Crippen LogP contribution in [0.15, 0.2) is 0 Å². The summed E-state index contributed by atoms with van der Waals surface area (Å²) in [5, 5.41) is 3.20. The molecule has 0 atom stereocenters. The van der Waals surface area contributed by atoms with E-state index in [-0.39, 0.29) is 18.4 Å². The first-order valence-corrected chi connectivity index (χ1v) is 5.53. The molecule has 2 rings (SSSR count). The number of rotatable bonds is 2. The molecule has 0 unspecified atom stereocenters. The SMILES string of the molecule is O=C(CN1CCCC1=O)N1CCNCC1. The molecule has 0 aromatic rings. The molecular weight excluding hydrogens is 194 g/mol. The highest BCUT2D eigenvalue weighted by atomic mass is 16.2. The van der Waals surface area contributed by atoms with E-state index in [1.807, 2.05) is 4.90 Å². The molecule has 0 aliphatic carbocycles. The van der Waals surface area contributed by atoms with Crippen molar-refractivity contribution < 1.29 is 9.59 Å². The van der Waals surface area contributed by atoms with E-state index in [1.165, 1.54) is 0 Å². The lowest BCUT2D eigenvalue weighted by atomic mass is 10.3. The Labute approximate surface area is 89.4 Å².